The Labute approximate surface area is 77.7 Å². The van der Waals surface area contributed by atoms with E-state index in [4.69, 9.17) is 5.11 Å². The van der Waals surface area contributed by atoms with E-state index in [9.17, 15) is 0 Å². The molecule has 0 unspecified atom stereocenters. The number of aliphatic hydroxyl groups is 1. The molecule has 0 bridgehead atoms. The Bertz CT molecular complexity index is 126. The van der Waals surface area contributed by atoms with Crippen molar-refractivity contribution in [1.82, 2.24) is 0 Å². The third kappa shape index (κ3) is 4.46. The molecule has 0 aliphatic carbocycles. The summed E-state index contributed by atoms with van der Waals surface area (Å²) in [5.41, 5.74) is 0. The fourth-order valence-electron chi connectivity index (χ4n) is 0.497. The van der Waals surface area contributed by atoms with Gasteiger partial charge in [0.05, 0.1) is 8.07 Å². The summed E-state index contributed by atoms with van der Waals surface area (Å²) < 4.78 is 1.46. The Hall–Kier alpha value is 0.647. The Morgan fingerprint density at radius 3 is 2.30 bits per heavy atom. The van der Waals surface area contributed by atoms with Crippen molar-refractivity contribution in [3.05, 3.63) is 9.28 Å². The van der Waals surface area contributed by atoms with Gasteiger partial charge in [-0.1, -0.05) is 48.3 Å². The first-order valence-corrected chi connectivity index (χ1v) is 8.03. The second-order valence-corrected chi connectivity index (χ2v) is 10.5. The van der Waals surface area contributed by atoms with Gasteiger partial charge in [-0.25, -0.2) is 0 Å². The number of hydrogen-bond acceptors (Lipinski definition) is 1. The van der Waals surface area contributed by atoms with Gasteiger partial charge in [-0.2, -0.15) is 0 Å². The second-order valence-electron chi connectivity index (χ2n) is 3.31. The zero-order valence-electron chi connectivity index (χ0n) is 6.82. The van der Waals surface area contributed by atoms with Crippen LogP contribution in [0.15, 0.2) is 9.28 Å². The van der Waals surface area contributed by atoms with Gasteiger partial charge in [-0.3, -0.25) is 0 Å². The Morgan fingerprint density at radius 1 is 1.50 bits per heavy atom. The van der Waals surface area contributed by atoms with Gasteiger partial charge in [0.2, 0.25) is 0 Å². The SMILES string of the molecule is C[Si](C)(C)/C(I)=C/CCO. The average molecular weight is 270 g/mol. The van der Waals surface area contributed by atoms with E-state index in [1.54, 1.807) is 0 Å². The predicted molar refractivity (Wildman–Crippen MR) is 57.2 cm³/mol. The molecule has 1 nitrogen and oxygen atoms in total. The summed E-state index contributed by atoms with van der Waals surface area (Å²) in [5, 5.41) is 8.55. The fraction of sp³-hybridized carbons (Fsp3) is 0.714. The van der Waals surface area contributed by atoms with E-state index in [0.29, 0.717) is 0 Å². The van der Waals surface area contributed by atoms with Crippen LogP contribution < -0.4 is 0 Å². The maximum absolute atomic E-state index is 8.55. The molecule has 0 heterocycles. The van der Waals surface area contributed by atoms with Crippen molar-refractivity contribution >= 4 is 30.7 Å². The number of rotatable bonds is 3. The van der Waals surface area contributed by atoms with Gasteiger partial charge in [0, 0.05) is 6.61 Å². The third-order valence-electron chi connectivity index (χ3n) is 1.17. The smallest absolute Gasteiger partial charge is 0.0850 e. The highest BCUT2D eigenvalue weighted by atomic mass is 127. The van der Waals surface area contributed by atoms with Crippen LogP contribution in [0.1, 0.15) is 6.42 Å². The van der Waals surface area contributed by atoms with Gasteiger partial charge in [-0.05, 0) is 9.62 Å². The molecule has 0 saturated carbocycles. The lowest BCUT2D eigenvalue weighted by Crippen LogP contribution is -2.20. The summed E-state index contributed by atoms with van der Waals surface area (Å²) in [5.74, 6) is 0. The minimum Gasteiger partial charge on any atom is -0.396 e. The first-order chi connectivity index (χ1) is 4.48. The van der Waals surface area contributed by atoms with Crippen LogP contribution >= 0.6 is 22.6 Å². The minimum absolute atomic E-state index is 0.275. The largest absolute Gasteiger partial charge is 0.396 e. The van der Waals surface area contributed by atoms with Crippen LogP contribution in [-0.2, 0) is 0 Å². The highest BCUT2D eigenvalue weighted by molar-refractivity contribution is 14.1. The standard InChI is InChI=1S/C7H15IOSi/c1-10(2,3)7(8)5-4-6-9/h5,9H,4,6H2,1-3H3/b7-5+. The molecule has 60 valence electrons. The van der Waals surface area contributed by atoms with E-state index in [2.05, 4.69) is 48.3 Å². The Balaban J connectivity index is 3.93. The monoisotopic (exact) mass is 270 g/mol. The van der Waals surface area contributed by atoms with E-state index in [1.165, 1.54) is 3.20 Å². The highest BCUT2D eigenvalue weighted by Crippen LogP contribution is 2.21. The van der Waals surface area contributed by atoms with Gasteiger partial charge in [0.1, 0.15) is 0 Å². The van der Waals surface area contributed by atoms with Crippen LogP contribution in [0.4, 0.5) is 0 Å². The van der Waals surface area contributed by atoms with E-state index in [0.717, 1.165) is 6.42 Å². The van der Waals surface area contributed by atoms with Gasteiger partial charge in [0.25, 0.3) is 0 Å². The van der Waals surface area contributed by atoms with E-state index >= 15 is 0 Å². The lowest BCUT2D eigenvalue weighted by atomic mass is 10.5. The van der Waals surface area contributed by atoms with Gasteiger partial charge >= 0.3 is 0 Å². The number of hydrogen-bond donors (Lipinski definition) is 1. The normalized spacial score (nSPS) is 13.9. The molecule has 0 aromatic heterocycles. The summed E-state index contributed by atoms with van der Waals surface area (Å²) in [7, 11) is -1.06. The molecule has 3 heteroatoms. The third-order valence-corrected chi connectivity index (χ3v) is 8.10. The van der Waals surface area contributed by atoms with Crippen molar-refractivity contribution < 1.29 is 5.11 Å². The molecule has 0 saturated heterocycles. The molecule has 0 atom stereocenters. The highest BCUT2D eigenvalue weighted by Gasteiger charge is 2.15. The lowest BCUT2D eigenvalue weighted by molar-refractivity contribution is 0.302. The molecule has 1 N–H and O–H groups in total. The first kappa shape index (κ1) is 10.6. The lowest BCUT2D eigenvalue weighted by Gasteiger charge is -2.14. The molecule has 0 aliphatic heterocycles. The predicted octanol–water partition coefficient (Wildman–Crippen LogP) is 2.57. The zero-order chi connectivity index (χ0) is 8.20. The van der Waals surface area contributed by atoms with Crippen LogP contribution in [0.25, 0.3) is 0 Å². The van der Waals surface area contributed by atoms with Crippen molar-refractivity contribution in [1.29, 1.82) is 0 Å². The fourth-order valence-corrected chi connectivity index (χ4v) is 1.57. The molecule has 0 radical (unpaired) electrons. The summed E-state index contributed by atoms with van der Waals surface area (Å²) in [6, 6.07) is 0. The summed E-state index contributed by atoms with van der Waals surface area (Å²) in [6.45, 7) is 7.20. The number of aliphatic hydroxyl groups excluding tert-OH is 1. The Kier molecular flexibility index (Phi) is 4.80. The summed E-state index contributed by atoms with van der Waals surface area (Å²) >= 11 is 2.38. The van der Waals surface area contributed by atoms with Crippen LogP contribution in [0, 0.1) is 0 Å². The van der Waals surface area contributed by atoms with Crippen LogP contribution in [-0.4, -0.2) is 19.8 Å². The molecule has 0 rings (SSSR count). The van der Waals surface area contributed by atoms with Crippen LogP contribution in [0.5, 0.6) is 0 Å². The molecule has 0 amide bonds. The maximum atomic E-state index is 8.55. The molecule has 0 aromatic carbocycles. The molecule has 0 aliphatic rings. The van der Waals surface area contributed by atoms with Crippen molar-refractivity contribution in [2.75, 3.05) is 6.61 Å². The topological polar surface area (TPSA) is 20.2 Å². The van der Waals surface area contributed by atoms with Crippen LogP contribution in [0.2, 0.25) is 19.6 Å². The molecular formula is C7H15IOSi. The van der Waals surface area contributed by atoms with Crippen molar-refractivity contribution in [2.24, 2.45) is 0 Å². The molecule has 10 heavy (non-hydrogen) atoms. The second kappa shape index (κ2) is 4.51. The quantitative estimate of drug-likeness (QED) is 0.617. The van der Waals surface area contributed by atoms with E-state index in [1.807, 2.05) is 0 Å². The van der Waals surface area contributed by atoms with Crippen molar-refractivity contribution in [3.8, 4) is 0 Å². The number of halogens is 1. The van der Waals surface area contributed by atoms with Gasteiger partial charge in [0.15, 0.2) is 0 Å². The summed E-state index contributed by atoms with van der Waals surface area (Å²) in [6.07, 6.45) is 2.95. The van der Waals surface area contributed by atoms with Crippen molar-refractivity contribution in [3.63, 3.8) is 0 Å². The molecule has 0 spiro atoms. The minimum atomic E-state index is -1.06. The van der Waals surface area contributed by atoms with E-state index < -0.39 is 8.07 Å². The molecular weight excluding hydrogens is 255 g/mol. The average Bonchev–Trinajstić information content (AvgIpc) is 1.80. The van der Waals surface area contributed by atoms with E-state index in [-0.39, 0.29) is 6.61 Å². The molecule has 0 fully saturated rings. The first-order valence-electron chi connectivity index (χ1n) is 3.45. The van der Waals surface area contributed by atoms with Gasteiger partial charge < -0.3 is 5.11 Å². The maximum Gasteiger partial charge on any atom is 0.0850 e. The van der Waals surface area contributed by atoms with Gasteiger partial charge in [-0.15, -0.1) is 0 Å². The summed E-state index contributed by atoms with van der Waals surface area (Å²) in [4.78, 5) is 0. The molecule has 0 aromatic rings. The zero-order valence-corrected chi connectivity index (χ0v) is 9.97. The van der Waals surface area contributed by atoms with Crippen molar-refractivity contribution in [2.45, 2.75) is 26.1 Å². The Morgan fingerprint density at radius 2 is 2.00 bits per heavy atom. The van der Waals surface area contributed by atoms with Crippen LogP contribution in [0.3, 0.4) is 0 Å².